The number of fused-ring (bicyclic) bond motifs is 1. The van der Waals surface area contributed by atoms with Gasteiger partial charge in [-0.2, -0.15) is 5.10 Å². The number of nitrogens with zero attached hydrogens (tertiary/aromatic N) is 2. The molecule has 90 valence electrons. The van der Waals surface area contributed by atoms with Crippen molar-refractivity contribution in [3.05, 3.63) is 22.0 Å². The maximum absolute atomic E-state index is 13.9. The van der Waals surface area contributed by atoms with Gasteiger partial charge in [0.15, 0.2) is 11.6 Å². The fourth-order valence-corrected chi connectivity index (χ4v) is 1.52. The lowest BCUT2D eigenvalue weighted by molar-refractivity contribution is -0.385. The van der Waals surface area contributed by atoms with Crippen LogP contribution >= 0.6 is 0 Å². The highest BCUT2D eigenvalue weighted by Gasteiger charge is 2.25. The first kappa shape index (κ1) is 11.1. The molecule has 0 amide bonds. The Kier molecular flexibility index (Phi) is 2.54. The fraction of sp³-hybridized carbons (Fsp3) is 0.222. The minimum Gasteiger partial charge on any atom is -0.485 e. The van der Waals surface area contributed by atoms with Crippen LogP contribution in [0.2, 0.25) is 0 Å². The van der Waals surface area contributed by atoms with Crippen LogP contribution in [0.15, 0.2) is 6.07 Å². The molecular formula is C9H9FN4O3. The summed E-state index contributed by atoms with van der Waals surface area (Å²) in [7, 11) is 0. The minimum atomic E-state index is -0.861. The second-order valence-corrected chi connectivity index (χ2v) is 3.26. The van der Waals surface area contributed by atoms with Crippen molar-refractivity contribution in [2.24, 2.45) is 0 Å². The van der Waals surface area contributed by atoms with E-state index in [0.29, 0.717) is 0 Å². The molecule has 2 aromatic rings. The van der Waals surface area contributed by atoms with Crippen LogP contribution in [-0.2, 0) is 0 Å². The second kappa shape index (κ2) is 3.89. The van der Waals surface area contributed by atoms with E-state index in [0.717, 1.165) is 6.07 Å². The number of nitrogen functional groups attached to an aromatic ring is 1. The third-order valence-corrected chi connectivity index (χ3v) is 2.25. The molecule has 17 heavy (non-hydrogen) atoms. The number of halogens is 1. The van der Waals surface area contributed by atoms with Crippen molar-refractivity contribution < 1.29 is 14.1 Å². The van der Waals surface area contributed by atoms with E-state index in [1.807, 2.05) is 0 Å². The number of aromatic nitrogens is 2. The number of anilines is 1. The van der Waals surface area contributed by atoms with Crippen LogP contribution in [0.3, 0.4) is 0 Å². The lowest BCUT2D eigenvalue weighted by Crippen LogP contribution is -2.01. The lowest BCUT2D eigenvalue weighted by atomic mass is 10.2. The van der Waals surface area contributed by atoms with Gasteiger partial charge in [-0.05, 0) is 6.92 Å². The third kappa shape index (κ3) is 1.63. The molecule has 0 aliphatic carbocycles. The van der Waals surface area contributed by atoms with E-state index >= 15 is 0 Å². The first-order valence-corrected chi connectivity index (χ1v) is 4.79. The molecule has 0 spiro atoms. The summed E-state index contributed by atoms with van der Waals surface area (Å²) in [5, 5.41) is 16.9. The summed E-state index contributed by atoms with van der Waals surface area (Å²) in [4.78, 5) is 10.1. The number of nitro benzene ring substituents is 1. The smallest absolute Gasteiger partial charge is 0.314 e. The van der Waals surface area contributed by atoms with Gasteiger partial charge in [-0.25, -0.2) is 4.39 Å². The molecule has 0 aliphatic rings. The number of benzene rings is 1. The minimum absolute atomic E-state index is 0.00319. The van der Waals surface area contributed by atoms with Gasteiger partial charge in [0.05, 0.1) is 16.9 Å². The molecule has 0 atom stereocenters. The Bertz CT molecular complexity index is 595. The van der Waals surface area contributed by atoms with E-state index in [4.69, 9.17) is 10.5 Å². The highest BCUT2D eigenvalue weighted by atomic mass is 19.1. The molecule has 7 nitrogen and oxygen atoms in total. The van der Waals surface area contributed by atoms with Gasteiger partial charge in [-0.1, -0.05) is 0 Å². The number of hydrogen-bond donors (Lipinski definition) is 2. The fourth-order valence-electron chi connectivity index (χ4n) is 1.52. The molecule has 1 aromatic heterocycles. The quantitative estimate of drug-likeness (QED) is 0.625. The average molecular weight is 240 g/mol. The Hall–Kier alpha value is -2.38. The van der Waals surface area contributed by atoms with Crippen LogP contribution in [0.25, 0.3) is 10.9 Å². The van der Waals surface area contributed by atoms with Crippen molar-refractivity contribution in [2.45, 2.75) is 6.92 Å². The van der Waals surface area contributed by atoms with Gasteiger partial charge in [-0.15, -0.1) is 0 Å². The Morgan fingerprint density at radius 2 is 2.41 bits per heavy atom. The summed E-state index contributed by atoms with van der Waals surface area (Å²) >= 11 is 0. The average Bonchev–Trinajstić information content (AvgIpc) is 2.64. The van der Waals surface area contributed by atoms with Crippen LogP contribution in [0, 0.1) is 15.9 Å². The molecule has 0 radical (unpaired) electrons. The van der Waals surface area contributed by atoms with Crippen molar-refractivity contribution >= 4 is 22.4 Å². The molecule has 0 saturated heterocycles. The second-order valence-electron chi connectivity index (χ2n) is 3.26. The molecule has 3 N–H and O–H groups in total. The SMILES string of the molecule is CCOc1c([N+](=O)[O-])cc2c(N)n[nH]c2c1F. The van der Waals surface area contributed by atoms with Crippen molar-refractivity contribution in [3.63, 3.8) is 0 Å². The van der Waals surface area contributed by atoms with Gasteiger partial charge in [-0.3, -0.25) is 15.2 Å². The summed E-state index contributed by atoms with van der Waals surface area (Å²) in [6, 6.07) is 1.14. The standard InChI is InChI=1S/C9H9FN4O3/c1-2-17-8-5(14(15)16)3-4-7(6(8)10)12-13-9(4)11/h3H,2H2,1H3,(H3,11,12,13). The molecule has 8 heteroatoms. The first-order chi connectivity index (χ1) is 8.06. The number of nitrogens with one attached hydrogen (secondary N) is 1. The first-order valence-electron chi connectivity index (χ1n) is 4.79. The zero-order valence-electron chi connectivity index (χ0n) is 8.86. The number of H-pyrrole nitrogens is 1. The van der Waals surface area contributed by atoms with E-state index in [9.17, 15) is 14.5 Å². The maximum atomic E-state index is 13.9. The molecule has 1 aromatic carbocycles. The summed E-state index contributed by atoms with van der Waals surface area (Å²) < 4.78 is 18.9. The molecule has 0 unspecified atom stereocenters. The van der Waals surface area contributed by atoms with Gasteiger partial charge in [0.1, 0.15) is 5.52 Å². The zero-order chi connectivity index (χ0) is 12.6. The van der Waals surface area contributed by atoms with Crippen LogP contribution < -0.4 is 10.5 Å². The van der Waals surface area contributed by atoms with Crippen molar-refractivity contribution in [2.75, 3.05) is 12.3 Å². The number of aromatic amines is 1. The van der Waals surface area contributed by atoms with E-state index in [-0.39, 0.29) is 23.3 Å². The van der Waals surface area contributed by atoms with Gasteiger partial charge < -0.3 is 10.5 Å². The van der Waals surface area contributed by atoms with E-state index < -0.39 is 22.2 Å². The largest absolute Gasteiger partial charge is 0.485 e. The molecule has 0 bridgehead atoms. The zero-order valence-corrected chi connectivity index (χ0v) is 8.86. The molecule has 0 saturated carbocycles. The van der Waals surface area contributed by atoms with Crippen LogP contribution in [-0.4, -0.2) is 21.7 Å². The van der Waals surface area contributed by atoms with Gasteiger partial charge in [0.2, 0.25) is 5.75 Å². The van der Waals surface area contributed by atoms with Crippen LogP contribution in [0.4, 0.5) is 15.9 Å². The Morgan fingerprint density at radius 1 is 1.71 bits per heavy atom. The van der Waals surface area contributed by atoms with Gasteiger partial charge in [0.25, 0.3) is 0 Å². The lowest BCUT2D eigenvalue weighted by Gasteiger charge is -2.05. The number of hydrogen-bond acceptors (Lipinski definition) is 5. The summed E-state index contributed by atoms with van der Waals surface area (Å²) in [6.45, 7) is 1.72. The van der Waals surface area contributed by atoms with E-state index in [1.165, 1.54) is 0 Å². The van der Waals surface area contributed by atoms with Crippen LogP contribution in [0.1, 0.15) is 6.92 Å². The molecule has 1 heterocycles. The normalized spacial score (nSPS) is 10.7. The van der Waals surface area contributed by atoms with Crippen LogP contribution in [0.5, 0.6) is 5.75 Å². The molecular weight excluding hydrogens is 231 g/mol. The topological polar surface area (TPSA) is 107 Å². The number of ether oxygens (including phenoxy) is 1. The highest BCUT2D eigenvalue weighted by molar-refractivity contribution is 5.92. The molecule has 0 fully saturated rings. The summed E-state index contributed by atoms with van der Waals surface area (Å²) in [5.74, 6) is -1.26. The Labute approximate surface area is 94.5 Å². The summed E-state index contributed by atoms with van der Waals surface area (Å²) in [6.07, 6.45) is 0. The molecule has 0 aliphatic heterocycles. The Morgan fingerprint density at radius 3 is 3.00 bits per heavy atom. The van der Waals surface area contributed by atoms with Gasteiger partial charge >= 0.3 is 5.69 Å². The predicted molar refractivity (Wildman–Crippen MR) is 58.3 cm³/mol. The maximum Gasteiger partial charge on any atom is 0.314 e. The van der Waals surface area contributed by atoms with E-state index in [1.54, 1.807) is 6.92 Å². The van der Waals surface area contributed by atoms with Crippen molar-refractivity contribution in [3.8, 4) is 5.75 Å². The van der Waals surface area contributed by atoms with Crippen molar-refractivity contribution in [1.82, 2.24) is 10.2 Å². The van der Waals surface area contributed by atoms with Crippen molar-refractivity contribution in [1.29, 1.82) is 0 Å². The van der Waals surface area contributed by atoms with E-state index in [2.05, 4.69) is 10.2 Å². The van der Waals surface area contributed by atoms with Gasteiger partial charge in [0, 0.05) is 6.07 Å². The highest BCUT2D eigenvalue weighted by Crippen LogP contribution is 2.36. The number of rotatable bonds is 3. The molecule has 2 rings (SSSR count). The number of nitro groups is 1. The third-order valence-electron chi connectivity index (χ3n) is 2.25. The Balaban J connectivity index is 2.80. The predicted octanol–water partition coefficient (Wildman–Crippen LogP) is 1.59. The number of nitrogens with two attached hydrogens (primary N) is 1. The summed E-state index contributed by atoms with van der Waals surface area (Å²) in [5.41, 5.74) is 4.99. The monoisotopic (exact) mass is 240 g/mol.